The number of aromatic nitrogens is 1. The van der Waals surface area contributed by atoms with Gasteiger partial charge in [0.2, 0.25) is 0 Å². The summed E-state index contributed by atoms with van der Waals surface area (Å²) in [4.78, 5) is 9.35. The lowest BCUT2D eigenvalue weighted by Crippen LogP contribution is -2.49. The monoisotopic (exact) mass is 290 g/mol. The molecule has 1 aliphatic rings. The van der Waals surface area contributed by atoms with E-state index in [1.807, 2.05) is 12.4 Å². The van der Waals surface area contributed by atoms with Gasteiger partial charge in [0.25, 0.3) is 0 Å². The SMILES string of the molecule is CC(C)N1CCN(c2ccncc2CNC(C)(C)C)CC1. The molecular weight excluding hydrogens is 260 g/mol. The van der Waals surface area contributed by atoms with Gasteiger partial charge in [0, 0.05) is 67.9 Å². The number of piperazine rings is 1. The molecule has 0 aliphatic carbocycles. The van der Waals surface area contributed by atoms with Gasteiger partial charge in [-0.1, -0.05) is 0 Å². The molecule has 4 heteroatoms. The zero-order valence-electron chi connectivity index (χ0n) is 14.2. The third-order valence-corrected chi connectivity index (χ3v) is 4.07. The maximum Gasteiger partial charge on any atom is 0.0443 e. The van der Waals surface area contributed by atoms with E-state index < -0.39 is 0 Å². The van der Waals surface area contributed by atoms with E-state index in [0.29, 0.717) is 6.04 Å². The van der Waals surface area contributed by atoms with Gasteiger partial charge in [-0.25, -0.2) is 0 Å². The minimum Gasteiger partial charge on any atom is -0.369 e. The summed E-state index contributed by atoms with van der Waals surface area (Å²) in [5.74, 6) is 0. The maximum atomic E-state index is 4.31. The van der Waals surface area contributed by atoms with Crippen molar-refractivity contribution >= 4 is 5.69 Å². The van der Waals surface area contributed by atoms with E-state index in [1.165, 1.54) is 11.3 Å². The molecule has 1 aromatic rings. The van der Waals surface area contributed by atoms with Crippen molar-refractivity contribution in [3.05, 3.63) is 24.0 Å². The largest absolute Gasteiger partial charge is 0.369 e. The highest BCUT2D eigenvalue weighted by atomic mass is 15.3. The van der Waals surface area contributed by atoms with E-state index in [0.717, 1.165) is 32.7 Å². The number of hydrogen-bond donors (Lipinski definition) is 1. The number of nitrogens with one attached hydrogen (secondary N) is 1. The van der Waals surface area contributed by atoms with Crippen molar-refractivity contribution in [2.24, 2.45) is 0 Å². The molecule has 0 spiro atoms. The molecule has 1 aliphatic heterocycles. The fraction of sp³-hybridized carbons (Fsp3) is 0.706. The van der Waals surface area contributed by atoms with Gasteiger partial charge >= 0.3 is 0 Å². The van der Waals surface area contributed by atoms with Crippen molar-refractivity contribution < 1.29 is 0 Å². The quantitative estimate of drug-likeness (QED) is 0.923. The van der Waals surface area contributed by atoms with E-state index in [9.17, 15) is 0 Å². The van der Waals surface area contributed by atoms with Crippen LogP contribution in [0.25, 0.3) is 0 Å². The normalized spacial score (nSPS) is 17.5. The highest BCUT2D eigenvalue weighted by Gasteiger charge is 2.21. The van der Waals surface area contributed by atoms with Gasteiger partial charge in [0.1, 0.15) is 0 Å². The van der Waals surface area contributed by atoms with Gasteiger partial charge < -0.3 is 10.2 Å². The zero-order chi connectivity index (χ0) is 15.5. The molecule has 0 unspecified atom stereocenters. The van der Waals surface area contributed by atoms with E-state index in [1.54, 1.807) is 0 Å². The van der Waals surface area contributed by atoms with Gasteiger partial charge in [0.15, 0.2) is 0 Å². The van der Waals surface area contributed by atoms with Crippen molar-refractivity contribution in [3.63, 3.8) is 0 Å². The van der Waals surface area contributed by atoms with Crippen molar-refractivity contribution in [1.29, 1.82) is 0 Å². The molecule has 1 N–H and O–H groups in total. The molecule has 1 saturated heterocycles. The first-order valence-electron chi connectivity index (χ1n) is 8.04. The predicted molar refractivity (Wildman–Crippen MR) is 89.8 cm³/mol. The average Bonchev–Trinajstić information content (AvgIpc) is 2.45. The Hall–Kier alpha value is -1.13. The second-order valence-corrected chi connectivity index (χ2v) is 7.22. The summed E-state index contributed by atoms with van der Waals surface area (Å²) in [5, 5.41) is 3.57. The Labute approximate surface area is 129 Å². The summed E-state index contributed by atoms with van der Waals surface area (Å²) < 4.78 is 0. The van der Waals surface area contributed by atoms with Crippen LogP contribution < -0.4 is 10.2 Å². The van der Waals surface area contributed by atoms with Gasteiger partial charge in [-0.15, -0.1) is 0 Å². The Balaban J connectivity index is 2.03. The second kappa shape index (κ2) is 6.75. The minimum absolute atomic E-state index is 0.128. The van der Waals surface area contributed by atoms with Gasteiger partial charge in [0.05, 0.1) is 0 Å². The number of pyridine rings is 1. The van der Waals surface area contributed by atoms with Gasteiger partial charge in [-0.2, -0.15) is 0 Å². The first-order chi connectivity index (χ1) is 9.87. The topological polar surface area (TPSA) is 31.4 Å². The Morgan fingerprint density at radius 1 is 1.19 bits per heavy atom. The summed E-state index contributed by atoms with van der Waals surface area (Å²) in [6, 6.07) is 2.80. The standard InChI is InChI=1S/C17H30N4/c1-14(2)20-8-10-21(11-9-20)16-6-7-18-12-15(16)13-19-17(3,4)5/h6-7,12,14,19H,8-11,13H2,1-5H3. The molecule has 4 nitrogen and oxygen atoms in total. The highest BCUT2D eigenvalue weighted by molar-refractivity contribution is 5.52. The van der Waals surface area contributed by atoms with Crippen LogP contribution in [0.4, 0.5) is 5.69 Å². The lowest BCUT2D eigenvalue weighted by Gasteiger charge is -2.39. The molecule has 0 saturated carbocycles. The molecule has 0 atom stereocenters. The average molecular weight is 290 g/mol. The van der Waals surface area contributed by atoms with E-state index in [2.05, 4.69) is 60.8 Å². The Bertz CT molecular complexity index is 442. The first-order valence-corrected chi connectivity index (χ1v) is 8.04. The van der Waals surface area contributed by atoms with Crippen LogP contribution in [-0.4, -0.2) is 47.6 Å². The summed E-state index contributed by atoms with van der Waals surface area (Å²) >= 11 is 0. The van der Waals surface area contributed by atoms with Crippen LogP contribution in [-0.2, 0) is 6.54 Å². The van der Waals surface area contributed by atoms with E-state index in [-0.39, 0.29) is 5.54 Å². The number of hydrogen-bond acceptors (Lipinski definition) is 4. The van der Waals surface area contributed by atoms with Crippen LogP contribution in [0, 0.1) is 0 Å². The number of nitrogens with zero attached hydrogens (tertiary/aromatic N) is 3. The van der Waals surface area contributed by atoms with Crippen LogP contribution in [0.15, 0.2) is 18.5 Å². The molecule has 1 fully saturated rings. The number of anilines is 1. The molecule has 0 bridgehead atoms. The number of rotatable bonds is 4. The Morgan fingerprint density at radius 2 is 1.86 bits per heavy atom. The third kappa shape index (κ3) is 4.68. The van der Waals surface area contributed by atoms with Crippen molar-refractivity contribution in [1.82, 2.24) is 15.2 Å². The molecular formula is C17H30N4. The fourth-order valence-corrected chi connectivity index (χ4v) is 2.70. The van der Waals surface area contributed by atoms with Crippen LogP contribution in [0.1, 0.15) is 40.2 Å². The van der Waals surface area contributed by atoms with Crippen molar-refractivity contribution in [2.45, 2.75) is 52.7 Å². The Kier molecular flexibility index (Phi) is 5.22. The summed E-state index contributed by atoms with van der Waals surface area (Å²) in [6.07, 6.45) is 3.91. The van der Waals surface area contributed by atoms with E-state index >= 15 is 0 Å². The molecule has 1 aromatic heterocycles. The smallest absolute Gasteiger partial charge is 0.0443 e. The van der Waals surface area contributed by atoms with Crippen LogP contribution in [0.3, 0.4) is 0 Å². The van der Waals surface area contributed by atoms with Crippen LogP contribution in [0.5, 0.6) is 0 Å². The molecule has 21 heavy (non-hydrogen) atoms. The van der Waals surface area contributed by atoms with Crippen LogP contribution in [0.2, 0.25) is 0 Å². The predicted octanol–water partition coefficient (Wildman–Crippen LogP) is 2.50. The van der Waals surface area contributed by atoms with Crippen molar-refractivity contribution in [2.75, 3.05) is 31.1 Å². The minimum atomic E-state index is 0.128. The maximum absolute atomic E-state index is 4.31. The summed E-state index contributed by atoms with van der Waals surface area (Å²) in [6.45, 7) is 16.5. The fourth-order valence-electron chi connectivity index (χ4n) is 2.70. The third-order valence-electron chi connectivity index (χ3n) is 4.07. The molecule has 2 rings (SSSR count). The van der Waals surface area contributed by atoms with Crippen LogP contribution >= 0.6 is 0 Å². The molecule has 0 amide bonds. The van der Waals surface area contributed by atoms with Crippen molar-refractivity contribution in [3.8, 4) is 0 Å². The second-order valence-electron chi connectivity index (χ2n) is 7.22. The van der Waals surface area contributed by atoms with Gasteiger partial charge in [-0.3, -0.25) is 9.88 Å². The molecule has 0 radical (unpaired) electrons. The summed E-state index contributed by atoms with van der Waals surface area (Å²) in [5.41, 5.74) is 2.76. The van der Waals surface area contributed by atoms with E-state index in [4.69, 9.17) is 0 Å². The van der Waals surface area contributed by atoms with Gasteiger partial charge in [-0.05, 0) is 40.7 Å². The lowest BCUT2D eigenvalue weighted by atomic mass is 10.1. The first kappa shape index (κ1) is 16.2. The molecule has 0 aromatic carbocycles. The highest BCUT2D eigenvalue weighted by Crippen LogP contribution is 2.22. The molecule has 118 valence electrons. The zero-order valence-corrected chi connectivity index (χ0v) is 14.2. The lowest BCUT2D eigenvalue weighted by molar-refractivity contribution is 0.209. The Morgan fingerprint density at radius 3 is 2.43 bits per heavy atom. The molecule has 2 heterocycles. The summed E-state index contributed by atoms with van der Waals surface area (Å²) in [7, 11) is 0.